The second-order valence-electron chi connectivity index (χ2n) is 9.37. The van der Waals surface area contributed by atoms with Gasteiger partial charge < -0.3 is 4.74 Å². The van der Waals surface area contributed by atoms with E-state index in [2.05, 4.69) is 21.2 Å². The van der Waals surface area contributed by atoms with E-state index >= 15 is 0 Å². The Balaban J connectivity index is 1.27. The van der Waals surface area contributed by atoms with Crippen LogP contribution in [0, 0.1) is 6.57 Å². The third-order valence-corrected chi connectivity index (χ3v) is 7.76. The molecule has 5 nitrogen and oxygen atoms in total. The zero-order valence-corrected chi connectivity index (χ0v) is 22.1. The van der Waals surface area contributed by atoms with E-state index in [1.54, 1.807) is 12.3 Å². The van der Waals surface area contributed by atoms with Gasteiger partial charge in [-0.3, -0.25) is 10.3 Å². The summed E-state index contributed by atoms with van der Waals surface area (Å²) >= 11 is 12.5. The molecule has 1 amide bonds. The van der Waals surface area contributed by atoms with Crippen LogP contribution in [0.1, 0.15) is 28.2 Å². The lowest BCUT2D eigenvalue weighted by atomic mass is 9.76. The Morgan fingerprint density at radius 2 is 1.77 bits per heavy atom. The van der Waals surface area contributed by atoms with Crippen molar-refractivity contribution in [3.63, 3.8) is 0 Å². The molecule has 0 saturated carbocycles. The fourth-order valence-electron chi connectivity index (χ4n) is 5.19. The third-order valence-electron chi connectivity index (χ3n) is 7.02. The van der Waals surface area contributed by atoms with Crippen LogP contribution in [0.4, 0.5) is 16.3 Å². The van der Waals surface area contributed by atoms with Crippen LogP contribution in [-0.4, -0.2) is 11.1 Å². The first-order valence-electron chi connectivity index (χ1n) is 12.4. The van der Waals surface area contributed by atoms with Crippen LogP contribution in [0.3, 0.4) is 0 Å². The number of carbonyl (C=O) groups excluding carboxylic acids is 1. The molecular weight excluding hydrogens is 529 g/mol. The van der Waals surface area contributed by atoms with E-state index in [4.69, 9.17) is 34.5 Å². The minimum atomic E-state index is -0.668. The number of fused-ring (bicyclic) bond motifs is 4. The number of halogens is 2. The van der Waals surface area contributed by atoms with Crippen LogP contribution in [0.25, 0.3) is 26.7 Å². The van der Waals surface area contributed by atoms with Gasteiger partial charge in [-0.05, 0) is 68.8 Å². The maximum atomic E-state index is 12.7. The van der Waals surface area contributed by atoms with Crippen molar-refractivity contribution in [2.45, 2.75) is 18.9 Å². The van der Waals surface area contributed by atoms with Crippen molar-refractivity contribution in [1.29, 1.82) is 0 Å². The standard InChI is InChI=1S/C32H21Cl2N3O2/c1-35-30-29-23(15-26(24-8-4-5-9-25(24)29)22-12-13-27(33)28(34)16-22)17-36-31(30)37-32(38)39-18-19-10-11-20-6-2-3-7-21(20)14-19/h2-14,16-17,26H,15,18H2,(H,36,37,38). The third kappa shape index (κ3) is 4.81. The van der Waals surface area contributed by atoms with Crippen LogP contribution < -0.4 is 5.32 Å². The molecule has 0 fully saturated rings. The zero-order chi connectivity index (χ0) is 26.9. The molecule has 1 atom stereocenters. The number of nitrogens with zero attached hydrogens (tertiary/aromatic N) is 2. The van der Waals surface area contributed by atoms with Gasteiger partial charge in [-0.15, -0.1) is 0 Å². The molecule has 0 saturated heterocycles. The number of hydrogen-bond donors (Lipinski definition) is 1. The first-order chi connectivity index (χ1) is 19.0. The minimum absolute atomic E-state index is 0.0228. The number of aromatic nitrogens is 1. The van der Waals surface area contributed by atoms with E-state index in [-0.39, 0.29) is 24.0 Å². The first kappa shape index (κ1) is 24.9. The van der Waals surface area contributed by atoms with Gasteiger partial charge in [0.15, 0.2) is 0 Å². The van der Waals surface area contributed by atoms with Crippen molar-refractivity contribution >= 4 is 51.6 Å². The summed E-state index contributed by atoms with van der Waals surface area (Å²) in [6.07, 6.45) is 1.69. The van der Waals surface area contributed by atoms with Crippen molar-refractivity contribution in [3.05, 3.63) is 135 Å². The molecule has 1 aromatic heterocycles. The molecule has 6 rings (SSSR count). The van der Waals surface area contributed by atoms with Gasteiger partial charge in [-0.25, -0.2) is 9.64 Å². The Kier molecular flexibility index (Phi) is 6.66. The van der Waals surface area contributed by atoms with Crippen LogP contribution in [0.2, 0.25) is 10.0 Å². The van der Waals surface area contributed by atoms with Crippen molar-refractivity contribution in [2.24, 2.45) is 0 Å². The second kappa shape index (κ2) is 10.4. The van der Waals surface area contributed by atoms with Crippen LogP contribution in [0.15, 0.2) is 91.1 Å². The molecule has 190 valence electrons. The molecule has 7 heteroatoms. The minimum Gasteiger partial charge on any atom is -0.444 e. The van der Waals surface area contributed by atoms with Gasteiger partial charge in [0.2, 0.25) is 5.69 Å². The Labute approximate surface area is 235 Å². The highest BCUT2D eigenvalue weighted by Gasteiger charge is 2.30. The van der Waals surface area contributed by atoms with Crippen molar-refractivity contribution in [3.8, 4) is 11.1 Å². The largest absolute Gasteiger partial charge is 0.444 e. The van der Waals surface area contributed by atoms with E-state index in [0.717, 1.165) is 44.2 Å². The van der Waals surface area contributed by atoms with E-state index in [1.165, 1.54) is 0 Å². The van der Waals surface area contributed by atoms with Crippen LogP contribution in [-0.2, 0) is 17.8 Å². The molecular formula is C32H21Cl2N3O2. The molecule has 0 radical (unpaired) electrons. The van der Waals surface area contributed by atoms with E-state index in [9.17, 15) is 4.79 Å². The Morgan fingerprint density at radius 1 is 0.974 bits per heavy atom. The van der Waals surface area contributed by atoms with E-state index < -0.39 is 6.09 Å². The molecule has 39 heavy (non-hydrogen) atoms. The molecule has 0 aliphatic heterocycles. The summed E-state index contributed by atoms with van der Waals surface area (Å²) in [4.78, 5) is 21.0. The fourth-order valence-corrected chi connectivity index (χ4v) is 5.50. The van der Waals surface area contributed by atoms with Gasteiger partial charge >= 0.3 is 6.09 Å². The normalized spacial score (nSPS) is 13.7. The van der Waals surface area contributed by atoms with Gasteiger partial charge in [-0.1, -0.05) is 89.9 Å². The van der Waals surface area contributed by atoms with Gasteiger partial charge in [0.25, 0.3) is 0 Å². The maximum Gasteiger partial charge on any atom is 0.412 e. The zero-order valence-electron chi connectivity index (χ0n) is 20.6. The predicted octanol–water partition coefficient (Wildman–Crippen LogP) is 9.20. The quantitative estimate of drug-likeness (QED) is 0.227. The number of amides is 1. The second-order valence-corrected chi connectivity index (χ2v) is 10.2. The van der Waals surface area contributed by atoms with Crippen LogP contribution >= 0.6 is 23.2 Å². The summed E-state index contributed by atoms with van der Waals surface area (Å²) in [6.45, 7) is 8.05. The number of benzene rings is 4. The smallest absolute Gasteiger partial charge is 0.412 e. The topological polar surface area (TPSA) is 55.6 Å². The Bertz CT molecular complexity index is 1800. The number of rotatable bonds is 4. The summed E-state index contributed by atoms with van der Waals surface area (Å²) in [5, 5.41) is 5.88. The molecule has 1 aliphatic rings. The van der Waals surface area contributed by atoms with Gasteiger partial charge in [0, 0.05) is 12.1 Å². The van der Waals surface area contributed by atoms with Crippen molar-refractivity contribution in [1.82, 2.24) is 4.98 Å². The fraction of sp³-hybridized carbons (Fsp3) is 0.0938. The summed E-state index contributed by atoms with van der Waals surface area (Å²) < 4.78 is 5.47. The number of carbonyl (C=O) groups is 1. The highest BCUT2D eigenvalue weighted by Crippen LogP contribution is 2.48. The number of ether oxygens (including phenoxy) is 1. The summed E-state index contributed by atoms with van der Waals surface area (Å²) in [5.74, 6) is 0.199. The molecule has 5 aromatic rings. The average molecular weight is 550 g/mol. The van der Waals surface area contributed by atoms with Gasteiger partial charge in [-0.2, -0.15) is 0 Å². The monoisotopic (exact) mass is 549 g/mol. The number of pyridine rings is 1. The average Bonchev–Trinajstić information content (AvgIpc) is 2.97. The lowest BCUT2D eigenvalue weighted by Crippen LogP contribution is -2.17. The Morgan fingerprint density at radius 3 is 2.59 bits per heavy atom. The first-order valence-corrected chi connectivity index (χ1v) is 13.1. The maximum absolute atomic E-state index is 12.7. The van der Waals surface area contributed by atoms with E-state index in [0.29, 0.717) is 16.5 Å². The predicted molar refractivity (Wildman–Crippen MR) is 156 cm³/mol. The van der Waals surface area contributed by atoms with Crippen LogP contribution in [0.5, 0.6) is 0 Å². The molecule has 1 N–H and O–H groups in total. The SMILES string of the molecule is [C-]#[N+]c1c(NC(=O)OCc2ccc3ccccc3c2)ncc2c1-c1ccccc1C(c1ccc(Cl)c(Cl)c1)C2. The van der Waals surface area contributed by atoms with Gasteiger partial charge in [0.05, 0.1) is 16.6 Å². The molecule has 0 bridgehead atoms. The molecule has 1 unspecified atom stereocenters. The number of nitrogens with one attached hydrogen (secondary N) is 1. The lowest BCUT2D eigenvalue weighted by Gasteiger charge is -2.29. The van der Waals surface area contributed by atoms with Crippen molar-refractivity contribution < 1.29 is 9.53 Å². The number of hydrogen-bond acceptors (Lipinski definition) is 3. The van der Waals surface area contributed by atoms with Crippen molar-refractivity contribution in [2.75, 3.05) is 5.32 Å². The van der Waals surface area contributed by atoms with Gasteiger partial charge in [0.1, 0.15) is 12.4 Å². The molecule has 0 spiro atoms. The molecule has 1 heterocycles. The van der Waals surface area contributed by atoms with E-state index in [1.807, 2.05) is 72.8 Å². The molecule has 4 aromatic carbocycles. The number of anilines is 1. The molecule has 1 aliphatic carbocycles. The summed E-state index contributed by atoms with van der Waals surface area (Å²) in [7, 11) is 0. The summed E-state index contributed by atoms with van der Waals surface area (Å²) in [5.41, 5.74) is 5.89. The Hall–Kier alpha value is -4.37. The summed E-state index contributed by atoms with van der Waals surface area (Å²) in [6, 6.07) is 27.6. The highest BCUT2D eigenvalue weighted by atomic mass is 35.5. The highest BCUT2D eigenvalue weighted by molar-refractivity contribution is 6.42. The lowest BCUT2D eigenvalue weighted by molar-refractivity contribution is 0.155.